The molecule has 5 rings (SSSR count). The number of halogens is 9. The lowest BCUT2D eigenvalue weighted by molar-refractivity contribution is 1.05. The molecule has 14 nitrogen and oxygen atoms in total. The Labute approximate surface area is 383 Å². The highest BCUT2D eigenvalue weighted by molar-refractivity contribution is 9.11. The molecule has 5 aromatic rings. The average Bonchev–Trinajstić information content (AvgIpc) is 3.53. The van der Waals surface area contributed by atoms with Crippen LogP contribution in [-0.4, -0.2) is 71.7 Å². The van der Waals surface area contributed by atoms with Crippen LogP contribution in [0.2, 0.25) is 26.3 Å². The van der Waals surface area contributed by atoms with Crippen LogP contribution in [0.1, 0.15) is 26.8 Å². The summed E-state index contributed by atoms with van der Waals surface area (Å²) in [5.41, 5.74) is 22.2. The molecule has 0 aliphatic carbocycles. The molecular weight excluding hydrogens is 1080 g/mol. The van der Waals surface area contributed by atoms with Crippen molar-refractivity contribution in [3.63, 3.8) is 0 Å². The van der Waals surface area contributed by atoms with E-state index in [9.17, 15) is 0 Å². The summed E-state index contributed by atoms with van der Waals surface area (Å²) >= 11 is 40.1. The SMILES string of the molecule is C.C=CCBr.C=CCN.C=CCNc1nc(Cl)ncc1Br.CC.Cc1c[nH]c2nc(Cl)ncc12.Clc1ncc(Br)c(Cl)n1.N=N.Nc1nc(Cl)ncc1Br.[B]. The zero-order valence-corrected chi connectivity index (χ0v) is 39.2. The van der Waals surface area contributed by atoms with Crippen LogP contribution in [0, 0.1) is 18.0 Å². The number of hydrogen-bond donors (Lipinski definition) is 6. The van der Waals surface area contributed by atoms with Crippen LogP contribution in [0.15, 0.2) is 82.4 Å². The lowest BCUT2D eigenvalue weighted by Crippen LogP contribution is -2.01. The number of nitrogens with two attached hydrogens (primary N) is 2. The van der Waals surface area contributed by atoms with Gasteiger partial charge < -0.3 is 21.8 Å². The molecule has 8 N–H and O–H groups in total. The number of rotatable bonds is 5. The van der Waals surface area contributed by atoms with Crippen LogP contribution in [-0.2, 0) is 0 Å². The van der Waals surface area contributed by atoms with Gasteiger partial charge in [0.15, 0.2) is 0 Å². The molecule has 0 atom stereocenters. The van der Waals surface area contributed by atoms with Gasteiger partial charge in [-0.1, -0.05) is 67.0 Å². The molecule has 5 heterocycles. The number of aryl methyl sites for hydroxylation is 1. The molecule has 0 saturated heterocycles. The summed E-state index contributed by atoms with van der Waals surface area (Å²) in [4.78, 5) is 33.2. The van der Waals surface area contributed by atoms with Gasteiger partial charge in [0.1, 0.15) is 22.4 Å². The molecule has 0 aromatic carbocycles. The van der Waals surface area contributed by atoms with Gasteiger partial charge in [-0.3, -0.25) is 0 Å². The molecule has 0 aliphatic heterocycles. The van der Waals surface area contributed by atoms with E-state index in [2.05, 4.69) is 134 Å². The van der Waals surface area contributed by atoms with Crippen molar-refractivity contribution in [1.29, 1.82) is 11.1 Å². The number of nitrogens with one attached hydrogen (secondary N) is 4. The van der Waals surface area contributed by atoms with E-state index in [1.165, 1.54) is 12.4 Å². The number of nitrogen functional groups attached to an aromatic ring is 1. The number of aromatic nitrogens is 9. The summed E-state index contributed by atoms with van der Waals surface area (Å²) in [6.07, 6.45) is 13.4. The highest BCUT2D eigenvalue weighted by atomic mass is 79.9. The van der Waals surface area contributed by atoms with Crippen LogP contribution < -0.4 is 16.8 Å². The predicted molar refractivity (Wildman–Crippen MR) is 248 cm³/mol. The van der Waals surface area contributed by atoms with Crippen molar-refractivity contribution in [3.8, 4) is 0 Å². The molecule has 301 valence electrons. The maximum Gasteiger partial charge on any atom is 0.224 e. The van der Waals surface area contributed by atoms with Gasteiger partial charge in [-0.05, 0) is 107 Å². The lowest BCUT2D eigenvalue weighted by atomic mass is 10.3. The van der Waals surface area contributed by atoms with E-state index >= 15 is 0 Å². The summed E-state index contributed by atoms with van der Waals surface area (Å²) in [6.45, 7) is 17.6. The van der Waals surface area contributed by atoms with Crippen molar-refractivity contribution in [2.45, 2.75) is 28.2 Å². The highest BCUT2D eigenvalue weighted by Crippen LogP contribution is 2.20. The third-order valence-corrected chi connectivity index (χ3v) is 7.90. The fourth-order valence-corrected chi connectivity index (χ4v) is 3.76. The van der Waals surface area contributed by atoms with E-state index in [1.54, 1.807) is 30.6 Å². The molecule has 0 saturated carbocycles. The Bertz CT molecular complexity index is 1720. The molecule has 0 aliphatic rings. The van der Waals surface area contributed by atoms with Crippen LogP contribution in [0.4, 0.5) is 11.6 Å². The fraction of sp³-hybridized carbons (Fsp3) is 0.226. The molecule has 24 heteroatoms. The Morgan fingerprint density at radius 1 is 0.764 bits per heavy atom. The van der Waals surface area contributed by atoms with E-state index in [-0.39, 0.29) is 37.0 Å². The van der Waals surface area contributed by atoms with E-state index in [0.717, 1.165) is 26.4 Å². The summed E-state index contributed by atoms with van der Waals surface area (Å²) < 4.78 is 2.09. The van der Waals surface area contributed by atoms with Gasteiger partial charge in [0.2, 0.25) is 21.1 Å². The largest absolute Gasteiger partial charge is 0.383 e. The quantitative estimate of drug-likeness (QED) is 0.0242. The van der Waals surface area contributed by atoms with E-state index in [0.29, 0.717) is 38.8 Å². The zero-order chi connectivity index (χ0) is 41.4. The number of nitrogens with zero attached hydrogens (tertiary/aromatic N) is 8. The van der Waals surface area contributed by atoms with Crippen molar-refractivity contribution in [1.82, 2.24) is 44.9 Å². The first-order valence-electron chi connectivity index (χ1n) is 14.2. The van der Waals surface area contributed by atoms with Crippen LogP contribution in [0.25, 0.3) is 11.0 Å². The van der Waals surface area contributed by atoms with E-state index in [1.807, 2.05) is 27.0 Å². The topological polar surface area (TPSA) is 231 Å². The summed E-state index contributed by atoms with van der Waals surface area (Å²) in [6, 6.07) is 0. The minimum absolute atomic E-state index is 0. The average molecular weight is 1120 g/mol. The number of fused-ring (bicyclic) bond motifs is 1. The summed E-state index contributed by atoms with van der Waals surface area (Å²) in [5.74, 6) is 1.03. The molecule has 0 unspecified atom stereocenters. The first kappa shape index (κ1) is 61.9. The Hall–Kier alpha value is -2.33. The second-order valence-corrected chi connectivity index (χ2v) is 12.9. The first-order chi connectivity index (χ1) is 25.2. The van der Waals surface area contributed by atoms with Crippen molar-refractivity contribution >= 4 is 153 Å². The van der Waals surface area contributed by atoms with Crippen LogP contribution in [0.3, 0.4) is 0 Å². The molecule has 0 fully saturated rings. The number of allylic oxidation sites excluding steroid dienone is 1. The van der Waals surface area contributed by atoms with Crippen molar-refractivity contribution in [2.75, 3.05) is 29.5 Å². The third-order valence-electron chi connectivity index (χ3n) is 4.43. The van der Waals surface area contributed by atoms with Gasteiger partial charge in [0, 0.05) is 63.2 Å². The van der Waals surface area contributed by atoms with Crippen LogP contribution >= 0.6 is 122 Å². The molecule has 5 aromatic heterocycles. The van der Waals surface area contributed by atoms with Gasteiger partial charge in [-0.25, -0.2) is 36.0 Å². The van der Waals surface area contributed by atoms with Gasteiger partial charge >= 0.3 is 0 Å². The second-order valence-electron chi connectivity index (χ2n) is 8.00. The monoisotopic (exact) mass is 1110 g/mol. The number of H-pyrrole nitrogens is 1. The maximum absolute atomic E-state index is 5.59. The predicted octanol–water partition coefficient (Wildman–Crippen LogP) is 12.0. The number of alkyl halides is 1. The number of aromatic amines is 1. The summed E-state index contributed by atoms with van der Waals surface area (Å²) in [5, 5.41) is 6.07. The van der Waals surface area contributed by atoms with Gasteiger partial charge in [0.25, 0.3) is 0 Å². The highest BCUT2D eigenvalue weighted by Gasteiger charge is 2.02. The van der Waals surface area contributed by atoms with Gasteiger partial charge in [-0.15, -0.1) is 19.7 Å². The molecular formula is C31H41BBr4Cl5N14. The Balaban J connectivity index is -0.000000183. The Morgan fingerprint density at radius 2 is 1.20 bits per heavy atom. The van der Waals surface area contributed by atoms with E-state index < -0.39 is 0 Å². The van der Waals surface area contributed by atoms with Crippen molar-refractivity contribution < 1.29 is 0 Å². The van der Waals surface area contributed by atoms with Gasteiger partial charge in [-0.2, -0.15) is 15.0 Å². The zero-order valence-electron chi connectivity index (χ0n) is 29.1. The first-order valence-corrected chi connectivity index (χ1v) is 19.6. The molecule has 3 radical (unpaired) electrons. The van der Waals surface area contributed by atoms with Crippen molar-refractivity contribution in [2.24, 2.45) is 5.73 Å². The number of anilines is 2. The fourth-order valence-electron chi connectivity index (χ4n) is 2.34. The Kier molecular flexibility index (Phi) is 44.9. The molecule has 55 heavy (non-hydrogen) atoms. The maximum atomic E-state index is 5.59. The van der Waals surface area contributed by atoms with Crippen molar-refractivity contribution in [3.05, 3.63) is 114 Å². The lowest BCUT2D eigenvalue weighted by Gasteiger charge is -2.03. The minimum atomic E-state index is 0. The Morgan fingerprint density at radius 3 is 1.62 bits per heavy atom. The minimum Gasteiger partial charge on any atom is -0.383 e. The standard InChI is InChI=1S/C7H7BrClN3.C7H6ClN3.C4HBrCl2N2.C4H3BrClN3.C3H5Br.C3H7N.C2H6.CH4.B.H2N2/c1-2-3-10-6-5(8)4-11-7(9)12-6;1-4-2-9-6-5(4)3-10-7(8)11-6;5-2-1-8-4(7)9-3(2)6;5-2-1-8-4(6)9-3(2)7;2*1-2-3-4;1-2;;;1-2/h2,4H,1,3H2,(H,10,11,12);2-3H,1H3,(H,9,10,11);1H;1H,(H2,7,8,9);2H,1,3H2;2H,1,3-4H2;1-2H3;1H4;;1-2H. The molecule has 0 spiro atoms. The molecule has 0 bridgehead atoms. The third kappa shape index (κ3) is 30.5. The normalized spacial score (nSPS) is 8.45. The van der Waals surface area contributed by atoms with Crippen LogP contribution in [0.5, 0.6) is 0 Å². The number of hydrogen-bond acceptors (Lipinski definition) is 13. The summed E-state index contributed by atoms with van der Waals surface area (Å²) in [7, 11) is 0. The second kappa shape index (κ2) is 39.9. The van der Waals surface area contributed by atoms with Gasteiger partial charge in [0.05, 0.1) is 13.4 Å². The molecule has 0 amide bonds. The van der Waals surface area contributed by atoms with E-state index in [4.69, 9.17) is 80.5 Å². The smallest absolute Gasteiger partial charge is 0.224 e.